The largest absolute Gasteiger partial charge is 0.450 e. The molecule has 1 saturated heterocycles. The van der Waals surface area contributed by atoms with Gasteiger partial charge in [0.2, 0.25) is 0 Å². The first kappa shape index (κ1) is 15.3. The molecule has 1 aliphatic heterocycles. The summed E-state index contributed by atoms with van der Waals surface area (Å²) in [5, 5.41) is 8.66. The number of hydrogen-bond donors (Lipinski definition) is 0. The molecule has 0 saturated carbocycles. The SMILES string of the molecule is CCOC(=O)N1CCN(Cc2ccc(CC#N)cc2)CC1. The van der Waals surface area contributed by atoms with E-state index in [0.717, 1.165) is 25.2 Å². The number of rotatable bonds is 4. The minimum atomic E-state index is -0.210. The fourth-order valence-electron chi connectivity index (χ4n) is 2.42. The summed E-state index contributed by atoms with van der Waals surface area (Å²) in [7, 11) is 0. The lowest BCUT2D eigenvalue weighted by atomic mass is 10.1. The summed E-state index contributed by atoms with van der Waals surface area (Å²) < 4.78 is 5.01. The van der Waals surface area contributed by atoms with Crippen LogP contribution in [0.25, 0.3) is 0 Å². The van der Waals surface area contributed by atoms with Gasteiger partial charge in [0.05, 0.1) is 19.1 Å². The molecular weight excluding hydrogens is 266 g/mol. The molecular formula is C16H21N3O2. The van der Waals surface area contributed by atoms with Crippen molar-refractivity contribution in [3.05, 3.63) is 35.4 Å². The highest BCUT2D eigenvalue weighted by Gasteiger charge is 2.21. The fourth-order valence-corrected chi connectivity index (χ4v) is 2.42. The van der Waals surface area contributed by atoms with Crippen LogP contribution in [0.15, 0.2) is 24.3 Å². The Morgan fingerprint density at radius 1 is 1.19 bits per heavy atom. The predicted octanol–water partition coefficient (Wildman–Crippen LogP) is 2.03. The van der Waals surface area contributed by atoms with Gasteiger partial charge in [-0.2, -0.15) is 5.26 Å². The van der Waals surface area contributed by atoms with Gasteiger partial charge in [-0.3, -0.25) is 4.90 Å². The molecule has 0 aliphatic carbocycles. The summed E-state index contributed by atoms with van der Waals surface area (Å²) >= 11 is 0. The normalized spacial score (nSPS) is 15.5. The van der Waals surface area contributed by atoms with Crippen LogP contribution in [0.4, 0.5) is 4.79 Å². The standard InChI is InChI=1S/C16H21N3O2/c1-2-21-16(20)19-11-9-18(10-12-19)13-15-5-3-14(4-6-15)7-8-17/h3-6H,2,7,9-13H2,1H3. The van der Waals surface area contributed by atoms with Crippen LogP contribution in [0.3, 0.4) is 0 Å². The molecule has 0 bridgehead atoms. The second-order valence-electron chi connectivity index (χ2n) is 5.11. The summed E-state index contributed by atoms with van der Waals surface area (Å²) in [6.07, 6.45) is 0.247. The van der Waals surface area contributed by atoms with E-state index in [1.165, 1.54) is 5.56 Å². The Balaban J connectivity index is 1.80. The van der Waals surface area contributed by atoms with Gasteiger partial charge in [0.15, 0.2) is 0 Å². The third-order valence-corrected chi connectivity index (χ3v) is 3.61. The molecule has 0 unspecified atom stereocenters. The van der Waals surface area contributed by atoms with Gasteiger partial charge in [-0.05, 0) is 18.1 Å². The molecule has 1 heterocycles. The van der Waals surface area contributed by atoms with Gasteiger partial charge in [-0.25, -0.2) is 4.79 Å². The molecule has 0 aromatic heterocycles. The van der Waals surface area contributed by atoms with Gasteiger partial charge < -0.3 is 9.64 Å². The zero-order valence-corrected chi connectivity index (χ0v) is 12.4. The lowest BCUT2D eigenvalue weighted by Crippen LogP contribution is -2.48. The van der Waals surface area contributed by atoms with Crippen LogP contribution in [0, 0.1) is 11.3 Å². The van der Waals surface area contributed by atoms with Crippen molar-refractivity contribution < 1.29 is 9.53 Å². The number of nitrogens with zero attached hydrogens (tertiary/aromatic N) is 3. The minimum absolute atomic E-state index is 0.210. The van der Waals surface area contributed by atoms with E-state index < -0.39 is 0 Å². The summed E-state index contributed by atoms with van der Waals surface area (Å²) in [6.45, 7) is 6.27. The van der Waals surface area contributed by atoms with Crippen LogP contribution in [-0.2, 0) is 17.7 Å². The second-order valence-corrected chi connectivity index (χ2v) is 5.11. The van der Waals surface area contributed by atoms with Crippen molar-refractivity contribution >= 4 is 6.09 Å². The van der Waals surface area contributed by atoms with E-state index in [0.29, 0.717) is 26.1 Å². The zero-order chi connectivity index (χ0) is 15.1. The van der Waals surface area contributed by atoms with E-state index in [1.54, 1.807) is 4.90 Å². The van der Waals surface area contributed by atoms with Crippen LogP contribution in [0.2, 0.25) is 0 Å². The van der Waals surface area contributed by atoms with Gasteiger partial charge in [-0.1, -0.05) is 24.3 Å². The number of piperazine rings is 1. The highest BCUT2D eigenvalue weighted by atomic mass is 16.6. The maximum Gasteiger partial charge on any atom is 0.409 e. The van der Waals surface area contributed by atoms with E-state index in [2.05, 4.69) is 23.1 Å². The first-order valence-corrected chi connectivity index (χ1v) is 7.31. The zero-order valence-electron chi connectivity index (χ0n) is 12.4. The molecule has 2 rings (SSSR count). The van der Waals surface area contributed by atoms with Gasteiger partial charge in [0.1, 0.15) is 0 Å². The summed E-state index contributed by atoms with van der Waals surface area (Å²) in [6, 6.07) is 10.3. The molecule has 1 aromatic rings. The lowest BCUT2D eigenvalue weighted by Gasteiger charge is -2.34. The molecule has 0 radical (unpaired) electrons. The van der Waals surface area contributed by atoms with Crippen LogP contribution >= 0.6 is 0 Å². The van der Waals surface area contributed by atoms with Gasteiger partial charge in [0, 0.05) is 32.7 Å². The second kappa shape index (κ2) is 7.65. The molecule has 1 amide bonds. The van der Waals surface area contributed by atoms with Crippen molar-refractivity contribution in [1.29, 1.82) is 5.26 Å². The molecule has 112 valence electrons. The highest BCUT2D eigenvalue weighted by Crippen LogP contribution is 2.11. The molecule has 5 heteroatoms. The highest BCUT2D eigenvalue weighted by molar-refractivity contribution is 5.67. The number of amides is 1. The molecule has 1 aromatic carbocycles. The Labute approximate surface area is 125 Å². The van der Waals surface area contributed by atoms with Crippen molar-refractivity contribution in [3.63, 3.8) is 0 Å². The number of hydrogen-bond acceptors (Lipinski definition) is 4. The fraction of sp³-hybridized carbons (Fsp3) is 0.500. The molecule has 21 heavy (non-hydrogen) atoms. The molecule has 1 aliphatic rings. The van der Waals surface area contributed by atoms with E-state index in [1.807, 2.05) is 19.1 Å². The smallest absolute Gasteiger partial charge is 0.409 e. The number of carbonyl (C=O) groups is 1. The molecule has 0 N–H and O–H groups in total. The van der Waals surface area contributed by atoms with E-state index in [9.17, 15) is 4.79 Å². The number of carbonyl (C=O) groups excluding carboxylic acids is 1. The molecule has 1 fully saturated rings. The lowest BCUT2D eigenvalue weighted by molar-refractivity contribution is 0.0778. The van der Waals surface area contributed by atoms with Crippen LogP contribution in [0.5, 0.6) is 0 Å². The van der Waals surface area contributed by atoms with Gasteiger partial charge in [0.25, 0.3) is 0 Å². The predicted molar refractivity (Wildman–Crippen MR) is 79.6 cm³/mol. The van der Waals surface area contributed by atoms with Crippen LogP contribution in [0.1, 0.15) is 18.1 Å². The first-order chi connectivity index (χ1) is 10.2. The Morgan fingerprint density at radius 3 is 2.38 bits per heavy atom. The minimum Gasteiger partial charge on any atom is -0.450 e. The molecule has 5 nitrogen and oxygen atoms in total. The Kier molecular flexibility index (Phi) is 5.59. The molecule has 0 spiro atoms. The number of nitriles is 1. The van der Waals surface area contributed by atoms with Crippen LogP contribution < -0.4 is 0 Å². The van der Waals surface area contributed by atoms with Crippen molar-refractivity contribution in [2.24, 2.45) is 0 Å². The van der Waals surface area contributed by atoms with Crippen molar-refractivity contribution in [1.82, 2.24) is 9.80 Å². The van der Waals surface area contributed by atoms with E-state index >= 15 is 0 Å². The topological polar surface area (TPSA) is 56.6 Å². The van der Waals surface area contributed by atoms with Gasteiger partial charge >= 0.3 is 6.09 Å². The average molecular weight is 287 g/mol. The van der Waals surface area contributed by atoms with E-state index in [-0.39, 0.29) is 6.09 Å². The summed E-state index contributed by atoms with van der Waals surface area (Å²) in [5.41, 5.74) is 2.29. The number of benzene rings is 1. The number of ether oxygens (including phenoxy) is 1. The summed E-state index contributed by atoms with van der Waals surface area (Å²) in [5.74, 6) is 0. The Hall–Kier alpha value is -2.06. The monoisotopic (exact) mass is 287 g/mol. The third-order valence-electron chi connectivity index (χ3n) is 3.61. The average Bonchev–Trinajstić information content (AvgIpc) is 2.50. The third kappa shape index (κ3) is 4.47. The van der Waals surface area contributed by atoms with Crippen LogP contribution in [-0.4, -0.2) is 48.7 Å². The summed E-state index contributed by atoms with van der Waals surface area (Å²) in [4.78, 5) is 15.7. The quantitative estimate of drug-likeness (QED) is 0.850. The maximum absolute atomic E-state index is 11.6. The molecule has 0 atom stereocenters. The first-order valence-electron chi connectivity index (χ1n) is 7.31. The Bertz CT molecular complexity index is 499. The Morgan fingerprint density at radius 2 is 1.81 bits per heavy atom. The van der Waals surface area contributed by atoms with Gasteiger partial charge in [-0.15, -0.1) is 0 Å². The van der Waals surface area contributed by atoms with E-state index in [4.69, 9.17) is 10.00 Å². The van der Waals surface area contributed by atoms with Crippen molar-refractivity contribution in [2.45, 2.75) is 19.9 Å². The maximum atomic E-state index is 11.6. The van der Waals surface area contributed by atoms with Crippen molar-refractivity contribution in [2.75, 3.05) is 32.8 Å². The van der Waals surface area contributed by atoms with Crippen molar-refractivity contribution in [3.8, 4) is 6.07 Å².